The van der Waals surface area contributed by atoms with E-state index in [-0.39, 0.29) is 16.0 Å². The summed E-state index contributed by atoms with van der Waals surface area (Å²) in [7, 11) is -3.71. The Hall–Kier alpha value is -2.21. The Morgan fingerprint density at radius 3 is 2.20 bits per heavy atom. The lowest BCUT2D eigenvalue weighted by atomic mass is 10.2. The number of rotatable bonds is 4. The van der Waals surface area contributed by atoms with Crippen LogP contribution in [0.4, 0.5) is 4.39 Å². The highest BCUT2D eigenvalue weighted by Crippen LogP contribution is 2.18. The van der Waals surface area contributed by atoms with Crippen LogP contribution < -0.4 is 0 Å². The topological polar surface area (TPSA) is 71.4 Å². The van der Waals surface area contributed by atoms with Gasteiger partial charge in [-0.05, 0) is 30.3 Å². The van der Waals surface area contributed by atoms with E-state index in [1.165, 1.54) is 42.5 Å². The molecule has 0 atom stereocenters. The maximum Gasteiger partial charge on any atom is 0.335 e. The van der Waals surface area contributed by atoms with Gasteiger partial charge in [0.05, 0.1) is 16.2 Å². The second-order valence-electron chi connectivity index (χ2n) is 4.18. The normalized spacial score (nSPS) is 11.2. The minimum Gasteiger partial charge on any atom is -0.478 e. The molecule has 0 aromatic heterocycles. The molecule has 0 saturated heterocycles. The monoisotopic (exact) mass is 294 g/mol. The number of halogens is 1. The molecule has 1 N–H and O–H groups in total. The molecule has 2 rings (SSSR count). The highest BCUT2D eigenvalue weighted by Gasteiger charge is 2.17. The SMILES string of the molecule is O=C(O)c1ccc(S(=O)(=O)Cc2ccccc2F)cc1. The van der Waals surface area contributed by atoms with Crippen LogP contribution in [-0.2, 0) is 15.6 Å². The molecular formula is C14H11FO4S. The van der Waals surface area contributed by atoms with E-state index in [1.54, 1.807) is 6.07 Å². The maximum atomic E-state index is 13.5. The molecule has 0 aliphatic heterocycles. The van der Waals surface area contributed by atoms with Crippen molar-refractivity contribution in [3.05, 3.63) is 65.5 Å². The quantitative estimate of drug-likeness (QED) is 0.940. The zero-order valence-corrected chi connectivity index (χ0v) is 11.1. The van der Waals surface area contributed by atoms with Crippen LogP contribution in [0.5, 0.6) is 0 Å². The van der Waals surface area contributed by atoms with Gasteiger partial charge >= 0.3 is 5.97 Å². The van der Waals surface area contributed by atoms with E-state index in [1.807, 2.05) is 0 Å². The summed E-state index contributed by atoms with van der Waals surface area (Å²) in [6, 6.07) is 10.5. The van der Waals surface area contributed by atoms with Crippen molar-refractivity contribution in [2.75, 3.05) is 0 Å². The largest absolute Gasteiger partial charge is 0.478 e. The van der Waals surface area contributed by atoms with Gasteiger partial charge in [-0.2, -0.15) is 0 Å². The van der Waals surface area contributed by atoms with Gasteiger partial charge in [0.15, 0.2) is 9.84 Å². The fourth-order valence-electron chi connectivity index (χ4n) is 1.71. The third kappa shape index (κ3) is 3.03. The van der Waals surface area contributed by atoms with Crippen molar-refractivity contribution in [2.24, 2.45) is 0 Å². The zero-order valence-electron chi connectivity index (χ0n) is 10.3. The van der Waals surface area contributed by atoms with Gasteiger partial charge in [-0.3, -0.25) is 0 Å². The lowest BCUT2D eigenvalue weighted by Crippen LogP contribution is -2.07. The molecule has 0 aliphatic carbocycles. The summed E-state index contributed by atoms with van der Waals surface area (Å²) in [6.07, 6.45) is 0. The molecule has 0 fully saturated rings. The summed E-state index contributed by atoms with van der Waals surface area (Å²) >= 11 is 0. The fourth-order valence-corrected chi connectivity index (χ4v) is 3.07. The van der Waals surface area contributed by atoms with Crippen LogP contribution in [0.25, 0.3) is 0 Å². The van der Waals surface area contributed by atoms with Gasteiger partial charge in [-0.1, -0.05) is 18.2 Å². The molecule has 0 spiro atoms. The Kier molecular flexibility index (Phi) is 3.85. The number of sulfone groups is 1. The van der Waals surface area contributed by atoms with E-state index in [0.717, 1.165) is 0 Å². The summed E-state index contributed by atoms with van der Waals surface area (Å²) in [6.45, 7) is 0. The van der Waals surface area contributed by atoms with Crippen LogP contribution >= 0.6 is 0 Å². The zero-order chi connectivity index (χ0) is 14.8. The third-order valence-corrected chi connectivity index (χ3v) is 4.45. The average molecular weight is 294 g/mol. The van der Waals surface area contributed by atoms with E-state index in [0.29, 0.717) is 0 Å². The summed E-state index contributed by atoms with van der Waals surface area (Å²) in [5.41, 5.74) is 0.0738. The summed E-state index contributed by atoms with van der Waals surface area (Å²) in [5, 5.41) is 8.75. The Bertz CT molecular complexity index is 736. The second kappa shape index (κ2) is 5.42. The van der Waals surface area contributed by atoms with Crippen molar-refractivity contribution in [1.82, 2.24) is 0 Å². The molecule has 0 amide bonds. The van der Waals surface area contributed by atoms with Gasteiger partial charge in [-0.15, -0.1) is 0 Å². The smallest absolute Gasteiger partial charge is 0.335 e. The van der Waals surface area contributed by atoms with Gasteiger partial charge in [0.25, 0.3) is 0 Å². The molecule has 0 heterocycles. The molecule has 104 valence electrons. The van der Waals surface area contributed by atoms with Crippen LogP contribution in [-0.4, -0.2) is 19.5 Å². The molecule has 0 saturated carbocycles. The lowest BCUT2D eigenvalue weighted by Gasteiger charge is -2.06. The Balaban J connectivity index is 2.31. The van der Waals surface area contributed by atoms with Crippen molar-refractivity contribution in [1.29, 1.82) is 0 Å². The third-order valence-electron chi connectivity index (χ3n) is 2.76. The standard InChI is InChI=1S/C14H11FO4S/c15-13-4-2-1-3-11(13)9-20(18,19)12-7-5-10(6-8-12)14(16)17/h1-8H,9H2,(H,16,17). The second-order valence-corrected chi connectivity index (χ2v) is 6.17. The Morgan fingerprint density at radius 2 is 1.65 bits per heavy atom. The molecule has 0 bridgehead atoms. The van der Waals surface area contributed by atoms with Gasteiger partial charge in [0, 0.05) is 5.56 Å². The highest BCUT2D eigenvalue weighted by molar-refractivity contribution is 7.90. The number of aromatic carboxylic acids is 1. The van der Waals surface area contributed by atoms with E-state index >= 15 is 0 Å². The van der Waals surface area contributed by atoms with E-state index < -0.39 is 27.4 Å². The van der Waals surface area contributed by atoms with E-state index in [2.05, 4.69) is 0 Å². The van der Waals surface area contributed by atoms with Crippen molar-refractivity contribution in [2.45, 2.75) is 10.6 Å². The molecule has 0 unspecified atom stereocenters. The first-order valence-corrected chi connectivity index (χ1v) is 7.35. The van der Waals surface area contributed by atoms with Crippen LogP contribution in [0, 0.1) is 5.82 Å². The lowest BCUT2D eigenvalue weighted by molar-refractivity contribution is 0.0696. The molecular weight excluding hydrogens is 283 g/mol. The van der Waals surface area contributed by atoms with Crippen LogP contribution in [0.3, 0.4) is 0 Å². The molecule has 2 aromatic rings. The number of benzene rings is 2. The van der Waals surface area contributed by atoms with Crippen molar-refractivity contribution in [3.63, 3.8) is 0 Å². The summed E-state index contributed by atoms with van der Waals surface area (Å²) in [5.74, 6) is -2.19. The number of hydrogen-bond donors (Lipinski definition) is 1. The molecule has 4 nitrogen and oxygen atoms in total. The first kappa shape index (κ1) is 14.2. The van der Waals surface area contributed by atoms with Crippen LogP contribution in [0.1, 0.15) is 15.9 Å². The fraction of sp³-hybridized carbons (Fsp3) is 0.0714. The first-order valence-electron chi connectivity index (χ1n) is 5.70. The van der Waals surface area contributed by atoms with Gasteiger partial charge in [0.1, 0.15) is 5.82 Å². The molecule has 20 heavy (non-hydrogen) atoms. The number of carboxylic acid groups (broad SMARTS) is 1. The Morgan fingerprint density at radius 1 is 1.05 bits per heavy atom. The maximum absolute atomic E-state index is 13.5. The average Bonchev–Trinajstić information content (AvgIpc) is 2.41. The molecule has 6 heteroatoms. The Labute approximate surface area is 115 Å². The number of hydrogen-bond acceptors (Lipinski definition) is 3. The van der Waals surface area contributed by atoms with Gasteiger partial charge in [-0.25, -0.2) is 17.6 Å². The van der Waals surface area contributed by atoms with Gasteiger partial charge < -0.3 is 5.11 Å². The van der Waals surface area contributed by atoms with Crippen molar-refractivity contribution >= 4 is 15.8 Å². The van der Waals surface area contributed by atoms with Crippen LogP contribution in [0.2, 0.25) is 0 Å². The summed E-state index contributed by atoms with van der Waals surface area (Å²) in [4.78, 5) is 10.7. The predicted molar refractivity (Wildman–Crippen MR) is 70.7 cm³/mol. The van der Waals surface area contributed by atoms with Crippen molar-refractivity contribution < 1.29 is 22.7 Å². The number of carboxylic acids is 1. The van der Waals surface area contributed by atoms with Gasteiger partial charge in [0.2, 0.25) is 0 Å². The minimum atomic E-state index is -3.71. The highest BCUT2D eigenvalue weighted by atomic mass is 32.2. The van der Waals surface area contributed by atoms with Crippen LogP contribution in [0.15, 0.2) is 53.4 Å². The predicted octanol–water partition coefficient (Wildman–Crippen LogP) is 2.50. The minimum absolute atomic E-state index is 0.00478. The molecule has 0 aliphatic rings. The summed E-state index contributed by atoms with van der Waals surface area (Å²) < 4.78 is 37.7. The molecule has 0 radical (unpaired) electrons. The number of carbonyl (C=O) groups is 1. The first-order chi connectivity index (χ1) is 9.40. The molecule has 2 aromatic carbocycles. The van der Waals surface area contributed by atoms with E-state index in [9.17, 15) is 17.6 Å². The van der Waals surface area contributed by atoms with E-state index in [4.69, 9.17) is 5.11 Å². The van der Waals surface area contributed by atoms with Crippen molar-refractivity contribution in [3.8, 4) is 0 Å².